The van der Waals surface area contributed by atoms with Gasteiger partial charge in [0.25, 0.3) is 5.91 Å². The maximum atomic E-state index is 12.2. The Labute approximate surface area is 156 Å². The van der Waals surface area contributed by atoms with E-state index in [1.165, 1.54) is 6.92 Å². The minimum Gasteiger partial charge on any atom is -0.326 e. The second-order valence-corrected chi connectivity index (χ2v) is 6.70. The first kappa shape index (κ1) is 19.2. The average Bonchev–Trinajstić information content (AvgIpc) is 2.51. The molecule has 1 unspecified atom stereocenters. The molecule has 0 spiro atoms. The third-order valence-electron chi connectivity index (χ3n) is 3.46. The van der Waals surface area contributed by atoms with Gasteiger partial charge in [-0.1, -0.05) is 29.3 Å². The topological polar surface area (TPSA) is 62.6 Å². The Bertz CT molecular complexity index is 763. The van der Waals surface area contributed by atoms with Gasteiger partial charge in [0.2, 0.25) is 5.91 Å². The molecule has 0 aromatic heterocycles. The summed E-state index contributed by atoms with van der Waals surface area (Å²) in [4.78, 5) is 24.1. The van der Waals surface area contributed by atoms with Gasteiger partial charge < -0.3 is 15.5 Å². The van der Waals surface area contributed by atoms with E-state index in [-0.39, 0.29) is 11.8 Å². The largest absolute Gasteiger partial charge is 0.326 e. The molecule has 0 fully saturated rings. The van der Waals surface area contributed by atoms with E-state index in [4.69, 9.17) is 23.2 Å². The van der Waals surface area contributed by atoms with E-state index in [1.807, 2.05) is 13.1 Å². The monoisotopic (exact) mass is 380 g/mol. The van der Waals surface area contributed by atoms with Crippen molar-refractivity contribution in [1.29, 1.82) is 0 Å². The lowest BCUT2D eigenvalue weighted by atomic mass is 10.2. The summed E-state index contributed by atoms with van der Waals surface area (Å²) >= 11 is 12.1. The molecule has 2 rings (SSSR count). The highest BCUT2D eigenvalue weighted by Gasteiger charge is 2.13. The molecule has 132 valence electrons. The average molecular weight is 381 g/mol. The number of hydrogen-bond donors (Lipinski definition) is 3. The molecule has 0 aliphatic carbocycles. The summed E-state index contributed by atoms with van der Waals surface area (Å²) in [5, 5.41) is 6.70. The molecule has 2 amide bonds. The SMILES string of the molecule is CC(=O)Nc1ccc(NC(=O)C[NH+](C)Cc2ccc(Cl)cc2Cl)cc1. The first-order valence-electron chi connectivity index (χ1n) is 7.76. The fraction of sp³-hybridized carbons (Fsp3) is 0.222. The molecule has 5 nitrogen and oxygen atoms in total. The van der Waals surface area contributed by atoms with Crippen LogP contribution in [0.4, 0.5) is 11.4 Å². The van der Waals surface area contributed by atoms with Crippen LogP contribution in [0.3, 0.4) is 0 Å². The zero-order valence-corrected chi connectivity index (χ0v) is 15.5. The van der Waals surface area contributed by atoms with Crippen molar-refractivity contribution < 1.29 is 14.5 Å². The van der Waals surface area contributed by atoms with E-state index in [0.717, 1.165) is 10.5 Å². The van der Waals surface area contributed by atoms with Crippen LogP contribution < -0.4 is 15.5 Å². The number of likely N-dealkylation sites (N-methyl/N-ethyl adjacent to an activating group) is 1. The summed E-state index contributed by atoms with van der Waals surface area (Å²) in [6.45, 7) is 2.36. The van der Waals surface area contributed by atoms with Gasteiger partial charge in [0, 0.05) is 28.9 Å². The van der Waals surface area contributed by atoms with Crippen LogP contribution >= 0.6 is 23.2 Å². The summed E-state index contributed by atoms with van der Waals surface area (Å²) in [6, 6.07) is 12.3. The van der Waals surface area contributed by atoms with Crippen LogP contribution in [0.1, 0.15) is 12.5 Å². The van der Waals surface area contributed by atoms with E-state index in [9.17, 15) is 9.59 Å². The van der Waals surface area contributed by atoms with Crippen molar-refractivity contribution in [2.45, 2.75) is 13.5 Å². The van der Waals surface area contributed by atoms with E-state index in [1.54, 1.807) is 36.4 Å². The first-order chi connectivity index (χ1) is 11.8. The third kappa shape index (κ3) is 6.38. The summed E-state index contributed by atoms with van der Waals surface area (Å²) in [6.07, 6.45) is 0. The number of quaternary nitrogens is 1. The molecular weight excluding hydrogens is 361 g/mol. The number of halogens is 2. The molecule has 0 heterocycles. The quantitative estimate of drug-likeness (QED) is 0.721. The molecule has 2 aromatic carbocycles. The third-order valence-corrected chi connectivity index (χ3v) is 4.05. The smallest absolute Gasteiger partial charge is 0.279 e. The van der Waals surface area contributed by atoms with Gasteiger partial charge in [-0.15, -0.1) is 0 Å². The lowest BCUT2D eigenvalue weighted by Crippen LogP contribution is -3.08. The molecule has 0 saturated carbocycles. The van der Waals surface area contributed by atoms with Crippen molar-refractivity contribution in [2.75, 3.05) is 24.2 Å². The number of amides is 2. The van der Waals surface area contributed by atoms with Gasteiger partial charge in [-0.2, -0.15) is 0 Å². The van der Waals surface area contributed by atoms with Crippen molar-refractivity contribution in [2.24, 2.45) is 0 Å². The minimum atomic E-state index is -0.136. The highest BCUT2D eigenvalue weighted by atomic mass is 35.5. The Kier molecular flexibility index (Phi) is 6.82. The molecule has 25 heavy (non-hydrogen) atoms. The highest BCUT2D eigenvalue weighted by Crippen LogP contribution is 2.20. The lowest BCUT2D eigenvalue weighted by Gasteiger charge is -2.15. The van der Waals surface area contributed by atoms with Crippen LogP contribution in [-0.4, -0.2) is 25.4 Å². The fourth-order valence-electron chi connectivity index (χ4n) is 2.37. The van der Waals surface area contributed by atoms with E-state index >= 15 is 0 Å². The summed E-state index contributed by atoms with van der Waals surface area (Å²) in [7, 11) is 1.92. The lowest BCUT2D eigenvalue weighted by molar-refractivity contribution is -0.885. The highest BCUT2D eigenvalue weighted by molar-refractivity contribution is 6.35. The Morgan fingerprint density at radius 1 is 1.00 bits per heavy atom. The molecule has 1 atom stereocenters. The van der Waals surface area contributed by atoms with Gasteiger partial charge in [-0.05, 0) is 36.4 Å². The van der Waals surface area contributed by atoms with Gasteiger partial charge in [-0.3, -0.25) is 9.59 Å². The van der Waals surface area contributed by atoms with Gasteiger partial charge in [0.05, 0.1) is 12.1 Å². The zero-order valence-electron chi connectivity index (χ0n) is 14.0. The van der Waals surface area contributed by atoms with Crippen molar-refractivity contribution >= 4 is 46.4 Å². The summed E-state index contributed by atoms with van der Waals surface area (Å²) in [5.41, 5.74) is 2.30. The number of benzene rings is 2. The second-order valence-electron chi connectivity index (χ2n) is 5.85. The molecular formula is C18H20Cl2N3O2+. The van der Waals surface area contributed by atoms with Crippen LogP contribution in [-0.2, 0) is 16.1 Å². The number of anilines is 2. The standard InChI is InChI=1S/C18H19Cl2N3O2/c1-12(24)21-15-5-7-16(8-6-15)22-18(25)11-23(2)10-13-3-4-14(19)9-17(13)20/h3-9H,10-11H2,1-2H3,(H,21,24)(H,22,25)/p+1. The van der Waals surface area contributed by atoms with Crippen LogP contribution in [0, 0.1) is 0 Å². The van der Waals surface area contributed by atoms with E-state index < -0.39 is 0 Å². The molecule has 2 aromatic rings. The molecule has 0 aliphatic heterocycles. The molecule has 7 heteroatoms. The molecule has 0 bridgehead atoms. The molecule has 0 saturated heterocycles. The predicted octanol–water partition coefficient (Wildman–Crippen LogP) is 2.61. The molecule has 0 aliphatic rings. The van der Waals surface area contributed by atoms with Crippen molar-refractivity contribution in [3.63, 3.8) is 0 Å². The maximum absolute atomic E-state index is 12.2. The number of nitrogens with one attached hydrogen (secondary N) is 3. The second kappa shape index (κ2) is 8.85. The van der Waals surface area contributed by atoms with E-state index in [0.29, 0.717) is 34.5 Å². The Hall–Kier alpha value is -2.08. The zero-order chi connectivity index (χ0) is 18.4. The van der Waals surface area contributed by atoms with Crippen LogP contribution in [0.25, 0.3) is 0 Å². The van der Waals surface area contributed by atoms with Crippen molar-refractivity contribution in [3.05, 3.63) is 58.1 Å². The fourth-order valence-corrected chi connectivity index (χ4v) is 2.85. The minimum absolute atomic E-state index is 0.102. The van der Waals surface area contributed by atoms with Gasteiger partial charge in [-0.25, -0.2) is 0 Å². The van der Waals surface area contributed by atoms with Crippen molar-refractivity contribution in [1.82, 2.24) is 0 Å². The number of carbonyl (C=O) groups excluding carboxylic acids is 2. The Balaban J connectivity index is 1.87. The number of hydrogen-bond acceptors (Lipinski definition) is 2. The first-order valence-corrected chi connectivity index (χ1v) is 8.52. The van der Waals surface area contributed by atoms with Gasteiger partial charge >= 0.3 is 0 Å². The summed E-state index contributed by atoms with van der Waals surface area (Å²) in [5.74, 6) is -0.238. The number of rotatable bonds is 6. The van der Waals surface area contributed by atoms with Crippen molar-refractivity contribution in [3.8, 4) is 0 Å². The normalized spacial score (nSPS) is 11.7. The molecule has 0 radical (unpaired) electrons. The maximum Gasteiger partial charge on any atom is 0.279 e. The number of carbonyl (C=O) groups is 2. The summed E-state index contributed by atoms with van der Waals surface area (Å²) < 4.78 is 0. The van der Waals surface area contributed by atoms with Crippen LogP contribution in [0.5, 0.6) is 0 Å². The Morgan fingerprint density at radius 3 is 2.16 bits per heavy atom. The van der Waals surface area contributed by atoms with E-state index in [2.05, 4.69) is 10.6 Å². The predicted molar refractivity (Wildman–Crippen MR) is 101 cm³/mol. The van der Waals surface area contributed by atoms with Crippen LogP contribution in [0.15, 0.2) is 42.5 Å². The van der Waals surface area contributed by atoms with Gasteiger partial charge in [0.1, 0.15) is 6.54 Å². The molecule has 3 N–H and O–H groups in total. The van der Waals surface area contributed by atoms with Crippen LogP contribution in [0.2, 0.25) is 10.0 Å². The van der Waals surface area contributed by atoms with Gasteiger partial charge in [0.15, 0.2) is 6.54 Å². The Morgan fingerprint density at radius 2 is 1.60 bits per heavy atom.